The monoisotopic (exact) mass is 346 g/mol. The fourth-order valence-corrected chi connectivity index (χ4v) is 2.31. The summed E-state index contributed by atoms with van der Waals surface area (Å²) in [5.41, 5.74) is -0.750. The van der Waals surface area contributed by atoms with Gasteiger partial charge in [-0.3, -0.25) is 10.1 Å². The number of ether oxygens (including phenoxy) is 1. The Hall–Kier alpha value is -2.43. The zero-order valence-electron chi connectivity index (χ0n) is 13.1. The summed E-state index contributed by atoms with van der Waals surface area (Å²) in [6.07, 6.45) is -0.887. The highest BCUT2D eigenvalue weighted by molar-refractivity contribution is 7.10. The van der Waals surface area contributed by atoms with Crippen LogP contribution in [0, 0.1) is 17.0 Å². The maximum absolute atomic E-state index is 11.6. The molecular weight excluding hydrogens is 328 g/mol. The average molecular weight is 346 g/mol. The number of anilines is 1. The highest BCUT2D eigenvalue weighted by atomic mass is 32.1. The molecule has 0 aliphatic rings. The number of hydrogen-bond donors (Lipinski definition) is 3. The van der Waals surface area contributed by atoms with Crippen molar-refractivity contribution in [3.63, 3.8) is 0 Å². The molecule has 0 aromatic carbocycles. The van der Waals surface area contributed by atoms with Crippen LogP contribution in [-0.2, 0) is 9.53 Å². The average Bonchev–Trinajstić information content (AvgIpc) is 2.73. The minimum Gasteiger partial charge on any atom is -0.480 e. The van der Waals surface area contributed by atoms with E-state index in [-0.39, 0.29) is 22.9 Å². The van der Waals surface area contributed by atoms with E-state index in [1.807, 2.05) is 0 Å². The zero-order chi connectivity index (χ0) is 17.8. The number of aliphatic carboxylic acids is 1. The van der Waals surface area contributed by atoms with Gasteiger partial charge < -0.3 is 20.5 Å². The van der Waals surface area contributed by atoms with Crippen LogP contribution in [-0.4, -0.2) is 44.7 Å². The van der Waals surface area contributed by atoms with Crippen molar-refractivity contribution in [1.82, 2.24) is 9.69 Å². The lowest BCUT2D eigenvalue weighted by molar-refractivity contribution is -0.384. The first-order valence-corrected chi connectivity index (χ1v) is 7.35. The first-order chi connectivity index (χ1) is 10.5. The molecule has 23 heavy (non-hydrogen) atoms. The molecule has 1 rings (SSSR count). The van der Waals surface area contributed by atoms with Gasteiger partial charge in [0.25, 0.3) is 0 Å². The summed E-state index contributed by atoms with van der Waals surface area (Å²) >= 11 is 0.847. The second kappa shape index (κ2) is 7.22. The summed E-state index contributed by atoms with van der Waals surface area (Å²) in [5.74, 6) is -1.30. The Morgan fingerprint density at radius 1 is 1.48 bits per heavy atom. The van der Waals surface area contributed by atoms with E-state index < -0.39 is 28.6 Å². The van der Waals surface area contributed by atoms with Crippen LogP contribution in [0.5, 0.6) is 0 Å². The van der Waals surface area contributed by atoms with Gasteiger partial charge in [-0.1, -0.05) is 0 Å². The molecule has 1 aromatic heterocycles. The Bertz CT molecular complexity index is 609. The van der Waals surface area contributed by atoms with Crippen molar-refractivity contribution in [2.75, 3.05) is 11.9 Å². The number of carbonyl (C=O) groups is 2. The van der Waals surface area contributed by atoms with Crippen LogP contribution in [0.3, 0.4) is 0 Å². The predicted molar refractivity (Wildman–Crippen MR) is 82.8 cm³/mol. The van der Waals surface area contributed by atoms with Gasteiger partial charge >= 0.3 is 17.7 Å². The van der Waals surface area contributed by atoms with Crippen LogP contribution in [0.15, 0.2) is 0 Å². The number of aromatic nitrogens is 1. The summed E-state index contributed by atoms with van der Waals surface area (Å²) in [4.78, 5) is 33.2. The molecule has 0 radical (unpaired) electrons. The van der Waals surface area contributed by atoms with E-state index in [9.17, 15) is 19.7 Å². The second-order valence-corrected chi connectivity index (χ2v) is 6.39. The number of rotatable bonds is 6. The van der Waals surface area contributed by atoms with Crippen LogP contribution in [0.1, 0.15) is 26.5 Å². The lowest BCUT2D eigenvalue weighted by atomic mass is 10.2. The van der Waals surface area contributed by atoms with E-state index in [2.05, 4.69) is 15.0 Å². The Labute approximate surface area is 136 Å². The van der Waals surface area contributed by atoms with Crippen molar-refractivity contribution in [2.24, 2.45) is 0 Å². The van der Waals surface area contributed by atoms with Crippen LogP contribution in [0.2, 0.25) is 0 Å². The Morgan fingerprint density at radius 2 is 2.09 bits per heavy atom. The van der Waals surface area contributed by atoms with Gasteiger partial charge in [-0.05, 0) is 39.2 Å². The molecule has 11 heteroatoms. The molecule has 0 bridgehead atoms. The predicted octanol–water partition coefficient (Wildman–Crippen LogP) is 1.75. The number of nitrogens with zero attached hydrogens (tertiary/aromatic N) is 2. The van der Waals surface area contributed by atoms with Crippen LogP contribution < -0.4 is 10.6 Å². The molecule has 0 unspecified atom stereocenters. The number of amides is 1. The number of aryl methyl sites for hydroxylation is 1. The van der Waals surface area contributed by atoms with Gasteiger partial charge in [-0.25, -0.2) is 9.59 Å². The smallest absolute Gasteiger partial charge is 0.408 e. The highest BCUT2D eigenvalue weighted by Crippen LogP contribution is 2.31. The molecule has 10 nitrogen and oxygen atoms in total. The lowest BCUT2D eigenvalue weighted by Gasteiger charge is -2.22. The number of hydrogen-bond acceptors (Lipinski definition) is 8. The van der Waals surface area contributed by atoms with E-state index in [0.29, 0.717) is 0 Å². The van der Waals surface area contributed by atoms with Gasteiger partial charge in [0.1, 0.15) is 17.3 Å². The van der Waals surface area contributed by atoms with Crippen LogP contribution in [0.4, 0.5) is 15.5 Å². The zero-order valence-corrected chi connectivity index (χ0v) is 13.9. The normalized spacial score (nSPS) is 12.3. The minimum absolute atomic E-state index is 0.129. The molecule has 1 heterocycles. The molecule has 1 atom stereocenters. The number of carbonyl (C=O) groups excluding carboxylic acids is 1. The standard InChI is InChI=1S/C12H18N4O6S/c1-6-8(16(20)21)9(23-15-6)13-5-7(10(17)18)14-11(19)22-12(2,3)4/h7,13H,5H2,1-4H3,(H,14,19)(H,17,18)/t7-/m0/s1. The molecule has 0 fully saturated rings. The molecule has 1 amide bonds. The van der Waals surface area contributed by atoms with Gasteiger partial charge in [0.2, 0.25) is 0 Å². The van der Waals surface area contributed by atoms with E-state index >= 15 is 0 Å². The molecule has 0 spiro atoms. The number of carboxylic acids is 1. The largest absolute Gasteiger partial charge is 0.480 e. The third-order valence-electron chi connectivity index (χ3n) is 2.47. The first-order valence-electron chi connectivity index (χ1n) is 6.58. The fourth-order valence-electron chi connectivity index (χ4n) is 1.54. The van der Waals surface area contributed by atoms with Crippen molar-refractivity contribution in [1.29, 1.82) is 0 Å². The van der Waals surface area contributed by atoms with Crippen molar-refractivity contribution in [3.05, 3.63) is 15.8 Å². The number of alkyl carbamates (subject to hydrolysis) is 1. The summed E-state index contributed by atoms with van der Waals surface area (Å²) < 4.78 is 8.83. The quantitative estimate of drug-likeness (QED) is 0.522. The summed E-state index contributed by atoms with van der Waals surface area (Å²) in [5, 5.41) is 25.0. The van der Waals surface area contributed by atoms with Gasteiger partial charge in [0.15, 0.2) is 5.00 Å². The summed E-state index contributed by atoms with van der Waals surface area (Å²) in [6.45, 7) is 6.16. The van der Waals surface area contributed by atoms with E-state index in [1.54, 1.807) is 20.8 Å². The number of nitrogens with one attached hydrogen (secondary N) is 2. The van der Waals surface area contributed by atoms with Gasteiger partial charge in [-0.2, -0.15) is 4.37 Å². The summed E-state index contributed by atoms with van der Waals surface area (Å²) in [6, 6.07) is -1.31. The molecule has 0 aliphatic heterocycles. The molecular formula is C12H18N4O6S. The first kappa shape index (κ1) is 18.6. The lowest BCUT2D eigenvalue weighted by Crippen LogP contribution is -2.47. The number of carboxylic acid groups (broad SMARTS) is 1. The van der Waals surface area contributed by atoms with E-state index in [4.69, 9.17) is 9.84 Å². The van der Waals surface area contributed by atoms with Crippen molar-refractivity contribution in [3.8, 4) is 0 Å². The van der Waals surface area contributed by atoms with E-state index in [0.717, 1.165) is 11.5 Å². The fraction of sp³-hybridized carbons (Fsp3) is 0.583. The van der Waals surface area contributed by atoms with Gasteiger partial charge in [0, 0.05) is 6.54 Å². The van der Waals surface area contributed by atoms with E-state index in [1.165, 1.54) is 6.92 Å². The van der Waals surface area contributed by atoms with Crippen LogP contribution in [0.25, 0.3) is 0 Å². The maximum Gasteiger partial charge on any atom is 0.408 e. The Balaban J connectivity index is 2.73. The second-order valence-electron chi connectivity index (χ2n) is 5.62. The molecule has 128 valence electrons. The third-order valence-corrected chi connectivity index (χ3v) is 3.36. The number of nitro groups is 1. The Morgan fingerprint density at radius 3 is 2.57 bits per heavy atom. The SMILES string of the molecule is Cc1nsc(NC[C@H](NC(=O)OC(C)(C)C)C(=O)O)c1[N+](=O)[O-]. The third kappa shape index (κ3) is 5.70. The molecule has 1 aromatic rings. The summed E-state index contributed by atoms with van der Waals surface area (Å²) in [7, 11) is 0. The highest BCUT2D eigenvalue weighted by Gasteiger charge is 2.26. The van der Waals surface area contributed by atoms with Crippen molar-refractivity contribution < 1.29 is 24.4 Å². The van der Waals surface area contributed by atoms with Crippen LogP contribution >= 0.6 is 11.5 Å². The maximum atomic E-state index is 11.6. The molecule has 3 N–H and O–H groups in total. The minimum atomic E-state index is -1.31. The molecule has 0 saturated carbocycles. The van der Waals surface area contributed by atoms with Crippen molar-refractivity contribution >= 4 is 34.3 Å². The van der Waals surface area contributed by atoms with Gasteiger partial charge in [0.05, 0.1) is 4.92 Å². The molecule has 0 saturated heterocycles. The Kier molecular flexibility index (Phi) is 5.85. The van der Waals surface area contributed by atoms with Crippen molar-refractivity contribution in [2.45, 2.75) is 39.3 Å². The topological polar surface area (TPSA) is 144 Å². The van der Waals surface area contributed by atoms with Gasteiger partial charge in [-0.15, -0.1) is 0 Å². The molecule has 0 aliphatic carbocycles.